The Morgan fingerprint density at radius 3 is 2.85 bits per heavy atom. The van der Waals surface area contributed by atoms with Crippen molar-refractivity contribution in [3.8, 4) is 5.69 Å². The van der Waals surface area contributed by atoms with E-state index in [9.17, 15) is 9.18 Å². The van der Waals surface area contributed by atoms with Gasteiger partial charge in [0.05, 0.1) is 16.8 Å². The standard InChI is InChI=1S/C12H13ClFN5O/c1-12(2,6-13)11(20)16-10-5-8(3-4-9(10)14)19-7-15-17-18-19/h3-5,7H,6H2,1-2H3,(H,16,20). The van der Waals surface area contributed by atoms with E-state index < -0.39 is 11.2 Å². The fraction of sp³-hybridized carbons (Fsp3) is 0.333. The number of halogens is 2. The number of rotatable bonds is 4. The molecule has 2 aromatic rings. The van der Waals surface area contributed by atoms with E-state index in [-0.39, 0.29) is 17.5 Å². The number of anilines is 1. The number of hydrogen-bond donors (Lipinski definition) is 1. The van der Waals surface area contributed by atoms with Gasteiger partial charge in [-0.25, -0.2) is 9.07 Å². The maximum Gasteiger partial charge on any atom is 0.231 e. The highest BCUT2D eigenvalue weighted by Gasteiger charge is 2.27. The number of aromatic nitrogens is 4. The SMILES string of the molecule is CC(C)(CCl)C(=O)Nc1cc(-n2cnnn2)ccc1F. The first-order chi connectivity index (χ1) is 9.44. The Balaban J connectivity index is 2.28. The van der Waals surface area contributed by atoms with E-state index >= 15 is 0 Å². The Bertz CT molecular complexity index is 614. The molecule has 1 aromatic heterocycles. The Morgan fingerprint density at radius 2 is 2.25 bits per heavy atom. The molecular weight excluding hydrogens is 285 g/mol. The van der Waals surface area contributed by atoms with Gasteiger partial charge in [-0.2, -0.15) is 0 Å². The average molecular weight is 298 g/mol. The van der Waals surface area contributed by atoms with Gasteiger partial charge in [0.15, 0.2) is 0 Å². The molecule has 0 spiro atoms. The lowest BCUT2D eigenvalue weighted by molar-refractivity contribution is -0.123. The topological polar surface area (TPSA) is 72.7 Å². The lowest BCUT2D eigenvalue weighted by Crippen LogP contribution is -2.32. The molecule has 0 saturated carbocycles. The van der Waals surface area contributed by atoms with Gasteiger partial charge in [-0.15, -0.1) is 16.7 Å². The molecule has 0 atom stereocenters. The summed E-state index contributed by atoms with van der Waals surface area (Å²) in [6, 6.07) is 4.20. The molecule has 6 nitrogen and oxygen atoms in total. The van der Waals surface area contributed by atoms with E-state index in [2.05, 4.69) is 20.8 Å². The summed E-state index contributed by atoms with van der Waals surface area (Å²) in [5.41, 5.74) is -0.199. The van der Waals surface area contributed by atoms with E-state index in [1.807, 2.05) is 0 Å². The van der Waals surface area contributed by atoms with Crippen molar-refractivity contribution in [1.82, 2.24) is 20.2 Å². The second kappa shape index (κ2) is 5.54. The van der Waals surface area contributed by atoms with Crippen molar-refractivity contribution in [3.05, 3.63) is 30.3 Å². The number of hydrogen-bond acceptors (Lipinski definition) is 4. The predicted molar refractivity (Wildman–Crippen MR) is 72.2 cm³/mol. The van der Waals surface area contributed by atoms with Gasteiger partial charge in [-0.3, -0.25) is 4.79 Å². The summed E-state index contributed by atoms with van der Waals surface area (Å²) in [5, 5.41) is 13.2. The second-order valence-electron chi connectivity index (χ2n) is 4.89. The highest BCUT2D eigenvalue weighted by molar-refractivity contribution is 6.20. The largest absolute Gasteiger partial charge is 0.323 e. The van der Waals surface area contributed by atoms with Crippen LogP contribution in [-0.4, -0.2) is 32.0 Å². The van der Waals surface area contributed by atoms with Gasteiger partial charge in [0.25, 0.3) is 0 Å². The first kappa shape index (κ1) is 14.4. The van der Waals surface area contributed by atoms with Crippen molar-refractivity contribution >= 4 is 23.2 Å². The summed E-state index contributed by atoms with van der Waals surface area (Å²) in [6.07, 6.45) is 1.38. The van der Waals surface area contributed by atoms with Gasteiger partial charge in [0.1, 0.15) is 12.1 Å². The number of carbonyl (C=O) groups excluding carboxylic acids is 1. The number of benzene rings is 1. The average Bonchev–Trinajstić information content (AvgIpc) is 2.95. The first-order valence-corrected chi connectivity index (χ1v) is 6.38. The van der Waals surface area contributed by atoms with Crippen LogP contribution in [0.15, 0.2) is 24.5 Å². The lowest BCUT2D eigenvalue weighted by atomic mass is 9.95. The maximum absolute atomic E-state index is 13.8. The minimum Gasteiger partial charge on any atom is -0.323 e. The van der Waals surface area contributed by atoms with Gasteiger partial charge in [0.2, 0.25) is 5.91 Å². The summed E-state index contributed by atoms with van der Waals surface area (Å²) < 4.78 is 15.1. The first-order valence-electron chi connectivity index (χ1n) is 5.84. The lowest BCUT2D eigenvalue weighted by Gasteiger charge is -2.20. The Morgan fingerprint density at radius 1 is 1.50 bits per heavy atom. The fourth-order valence-corrected chi connectivity index (χ4v) is 1.50. The Hall–Kier alpha value is -2.02. The van der Waals surface area contributed by atoms with Crippen LogP contribution in [0.25, 0.3) is 5.69 Å². The Labute approximate surface area is 119 Å². The molecule has 8 heteroatoms. The molecule has 1 amide bonds. The quantitative estimate of drug-likeness (QED) is 0.876. The predicted octanol–water partition coefficient (Wildman–Crippen LogP) is 2.00. The molecule has 1 heterocycles. The highest BCUT2D eigenvalue weighted by atomic mass is 35.5. The molecule has 2 rings (SSSR count). The maximum atomic E-state index is 13.8. The van der Waals surface area contributed by atoms with Crippen molar-refractivity contribution in [2.75, 3.05) is 11.2 Å². The number of nitrogens with one attached hydrogen (secondary N) is 1. The molecule has 0 unspecified atom stereocenters. The van der Waals surface area contributed by atoms with Gasteiger partial charge < -0.3 is 5.32 Å². The molecular formula is C12H13ClFN5O. The van der Waals surface area contributed by atoms with Gasteiger partial charge >= 0.3 is 0 Å². The van der Waals surface area contributed by atoms with Crippen molar-refractivity contribution in [2.24, 2.45) is 5.41 Å². The molecule has 0 bridgehead atoms. The van der Waals surface area contributed by atoms with Crippen molar-refractivity contribution in [3.63, 3.8) is 0 Å². The summed E-state index contributed by atoms with van der Waals surface area (Å²) in [7, 11) is 0. The monoisotopic (exact) mass is 297 g/mol. The molecule has 0 saturated heterocycles. The van der Waals surface area contributed by atoms with Crippen LogP contribution >= 0.6 is 11.6 Å². The van der Waals surface area contributed by atoms with Crippen LogP contribution in [0.3, 0.4) is 0 Å². The van der Waals surface area contributed by atoms with E-state index in [0.29, 0.717) is 5.69 Å². The molecule has 0 aliphatic carbocycles. The van der Waals surface area contributed by atoms with Crippen LogP contribution in [0.4, 0.5) is 10.1 Å². The zero-order valence-corrected chi connectivity index (χ0v) is 11.7. The fourth-order valence-electron chi connectivity index (χ4n) is 1.38. The normalized spacial score (nSPS) is 11.4. The van der Waals surface area contributed by atoms with Crippen molar-refractivity contribution in [1.29, 1.82) is 0 Å². The molecule has 1 N–H and O–H groups in total. The van der Waals surface area contributed by atoms with Crippen LogP contribution < -0.4 is 5.32 Å². The number of amides is 1. The summed E-state index contributed by atoms with van der Waals surface area (Å²) in [6.45, 7) is 3.36. The number of carbonyl (C=O) groups is 1. The third-order valence-corrected chi connectivity index (χ3v) is 3.43. The van der Waals surface area contributed by atoms with Gasteiger partial charge in [0, 0.05) is 5.88 Å². The molecule has 106 valence electrons. The molecule has 1 aromatic carbocycles. The van der Waals surface area contributed by atoms with Crippen LogP contribution in [-0.2, 0) is 4.79 Å². The summed E-state index contributed by atoms with van der Waals surface area (Å²) in [5.74, 6) is -0.770. The van der Waals surface area contributed by atoms with Crippen LogP contribution in [0.5, 0.6) is 0 Å². The van der Waals surface area contributed by atoms with Crippen LogP contribution in [0, 0.1) is 11.2 Å². The van der Waals surface area contributed by atoms with Gasteiger partial charge in [-0.1, -0.05) is 0 Å². The van der Waals surface area contributed by atoms with Gasteiger partial charge in [-0.05, 0) is 42.5 Å². The minimum absolute atomic E-state index is 0.0567. The smallest absolute Gasteiger partial charge is 0.231 e. The van der Waals surface area contributed by atoms with E-state index in [1.165, 1.54) is 29.2 Å². The summed E-state index contributed by atoms with van der Waals surface area (Å²) >= 11 is 5.72. The second-order valence-corrected chi connectivity index (χ2v) is 5.16. The molecule has 0 fully saturated rings. The third-order valence-electron chi connectivity index (χ3n) is 2.76. The van der Waals surface area contributed by atoms with Crippen molar-refractivity contribution < 1.29 is 9.18 Å². The zero-order valence-electron chi connectivity index (χ0n) is 11.0. The molecule has 20 heavy (non-hydrogen) atoms. The van der Waals surface area contributed by atoms with Crippen LogP contribution in [0.1, 0.15) is 13.8 Å². The highest BCUT2D eigenvalue weighted by Crippen LogP contribution is 2.23. The van der Waals surface area contributed by atoms with E-state index in [1.54, 1.807) is 13.8 Å². The molecule has 0 aliphatic rings. The minimum atomic E-state index is -0.793. The van der Waals surface area contributed by atoms with Crippen molar-refractivity contribution in [2.45, 2.75) is 13.8 Å². The molecule has 0 radical (unpaired) electrons. The number of tetrazole rings is 1. The van der Waals surface area contributed by atoms with E-state index in [0.717, 1.165) is 0 Å². The summed E-state index contributed by atoms with van der Waals surface area (Å²) in [4.78, 5) is 12.0. The third kappa shape index (κ3) is 2.93. The Kier molecular flexibility index (Phi) is 3.99. The zero-order chi connectivity index (χ0) is 14.8. The van der Waals surface area contributed by atoms with Crippen LogP contribution in [0.2, 0.25) is 0 Å². The van der Waals surface area contributed by atoms with E-state index in [4.69, 9.17) is 11.6 Å². The number of nitrogens with zero attached hydrogens (tertiary/aromatic N) is 4. The number of alkyl halides is 1. The molecule has 0 aliphatic heterocycles.